The molecule has 0 saturated heterocycles. The molecule has 0 fully saturated rings. The zero-order valence-electron chi connectivity index (χ0n) is 8.03. The lowest BCUT2D eigenvalue weighted by molar-refractivity contribution is -2.00. The first kappa shape index (κ1) is 15.5. The van der Waals surface area contributed by atoms with Gasteiger partial charge in [0.25, 0.3) is 0 Å². The summed E-state index contributed by atoms with van der Waals surface area (Å²) in [6, 6.07) is 0. The lowest BCUT2D eigenvalue weighted by atomic mass is 10.5. The fraction of sp³-hybridized carbons (Fsp3) is 1.00. The summed E-state index contributed by atoms with van der Waals surface area (Å²) in [6.45, 7) is 8.42. The molecule has 0 radical (unpaired) electrons. The van der Waals surface area contributed by atoms with Crippen LogP contribution in [0.15, 0.2) is 0 Å². The summed E-state index contributed by atoms with van der Waals surface area (Å²) in [4.78, 5) is 0. The molecule has 13 heavy (non-hydrogen) atoms. The molecule has 0 aliphatic carbocycles. The second-order valence-corrected chi connectivity index (χ2v) is 3.18. The first-order valence-corrected chi connectivity index (χ1v) is 5.12. The maximum atomic E-state index is 9.38. The molecule has 0 amide bonds. The van der Waals surface area contributed by atoms with Crippen LogP contribution in [0.5, 0.6) is 0 Å². The SMILES string of the molecule is CC[N+](O)(CC)CC.[O-][Cl+3]([O-])([O-])[O-]. The maximum absolute atomic E-state index is 9.38. The first-order chi connectivity index (χ1) is 5.68. The van der Waals surface area contributed by atoms with Gasteiger partial charge in [-0.2, -0.15) is 4.65 Å². The minimum atomic E-state index is -4.94. The van der Waals surface area contributed by atoms with Crippen molar-refractivity contribution in [1.82, 2.24) is 0 Å². The number of hydroxylamine groups is 3. The van der Waals surface area contributed by atoms with E-state index in [1.807, 2.05) is 20.8 Å². The molecule has 0 atom stereocenters. The third kappa shape index (κ3) is 14.9. The summed E-state index contributed by atoms with van der Waals surface area (Å²) in [6.07, 6.45) is 0. The normalized spacial score (nSPS) is 12.0. The van der Waals surface area contributed by atoms with Crippen LogP contribution in [0.3, 0.4) is 0 Å². The van der Waals surface area contributed by atoms with Crippen molar-refractivity contribution in [3.05, 3.63) is 0 Å². The highest BCUT2D eigenvalue weighted by atomic mass is 35.7. The van der Waals surface area contributed by atoms with Crippen LogP contribution in [0, 0.1) is 10.2 Å². The molecule has 0 bridgehead atoms. The van der Waals surface area contributed by atoms with Gasteiger partial charge in [0.15, 0.2) is 0 Å². The zero-order chi connectivity index (χ0) is 11.1. The summed E-state index contributed by atoms with van der Waals surface area (Å²) in [5, 5.41) is 9.38. The molecule has 0 unspecified atom stereocenters. The molecule has 0 spiro atoms. The maximum Gasteiger partial charge on any atom is 0.106 e. The third-order valence-corrected chi connectivity index (χ3v) is 1.77. The van der Waals surface area contributed by atoms with E-state index < -0.39 is 10.2 Å². The molecule has 0 heterocycles. The molecule has 7 heteroatoms. The number of quaternary nitrogens is 1. The Kier molecular flexibility index (Phi) is 7.75. The Morgan fingerprint density at radius 3 is 1.08 bits per heavy atom. The minimum Gasteiger partial charge on any atom is -0.222 e. The molecule has 0 aromatic rings. The number of halogens is 1. The van der Waals surface area contributed by atoms with E-state index >= 15 is 0 Å². The molecule has 6 nitrogen and oxygen atoms in total. The van der Waals surface area contributed by atoms with E-state index in [2.05, 4.69) is 0 Å². The van der Waals surface area contributed by atoms with Gasteiger partial charge in [0.05, 0.1) is 0 Å². The van der Waals surface area contributed by atoms with Crippen molar-refractivity contribution in [2.45, 2.75) is 20.8 Å². The van der Waals surface area contributed by atoms with E-state index in [9.17, 15) is 5.21 Å². The fourth-order valence-electron chi connectivity index (χ4n) is 0.671. The summed E-state index contributed by atoms with van der Waals surface area (Å²) in [5.74, 6) is 0. The highest BCUT2D eigenvalue weighted by molar-refractivity contribution is 4.18. The van der Waals surface area contributed by atoms with Crippen molar-refractivity contribution in [1.29, 1.82) is 0 Å². The van der Waals surface area contributed by atoms with Gasteiger partial charge >= 0.3 is 0 Å². The van der Waals surface area contributed by atoms with Crippen LogP contribution in [0.2, 0.25) is 0 Å². The van der Waals surface area contributed by atoms with Crippen molar-refractivity contribution in [3.8, 4) is 0 Å². The second kappa shape index (κ2) is 6.50. The molecular formula is C6H16ClNO5. The van der Waals surface area contributed by atoms with Gasteiger partial charge in [-0.1, -0.05) is 0 Å². The molecule has 0 aromatic carbocycles. The Balaban J connectivity index is 0. The van der Waals surface area contributed by atoms with Gasteiger partial charge in [-0.3, -0.25) is 0 Å². The Morgan fingerprint density at radius 1 is 0.923 bits per heavy atom. The standard InChI is InChI=1S/C6H16NO.ClHO4/c1-4-7(8,5-2)6-3;2-1(3,4)5/h8H,4-6H2,1-3H3;(H,2,3,4,5)/q+1;/p-1. The van der Waals surface area contributed by atoms with Gasteiger partial charge in [-0.25, -0.2) is 23.8 Å². The Morgan fingerprint density at radius 2 is 1.08 bits per heavy atom. The highest BCUT2D eigenvalue weighted by Gasteiger charge is 2.15. The second-order valence-electron chi connectivity index (χ2n) is 2.42. The van der Waals surface area contributed by atoms with Crippen LogP contribution < -0.4 is 18.6 Å². The summed E-state index contributed by atoms with van der Waals surface area (Å²) >= 11 is 0. The number of nitrogens with zero attached hydrogens (tertiary/aromatic N) is 1. The van der Waals surface area contributed by atoms with Crippen LogP contribution in [-0.2, 0) is 0 Å². The molecule has 0 rings (SSSR count). The lowest BCUT2D eigenvalue weighted by Gasteiger charge is -2.25. The van der Waals surface area contributed by atoms with E-state index in [-0.39, 0.29) is 4.65 Å². The van der Waals surface area contributed by atoms with E-state index in [4.69, 9.17) is 18.6 Å². The highest BCUT2D eigenvalue weighted by Crippen LogP contribution is 1.97. The largest absolute Gasteiger partial charge is 0.222 e. The summed E-state index contributed by atoms with van der Waals surface area (Å²) in [5.41, 5.74) is 0. The Hall–Kier alpha value is 0.0500. The van der Waals surface area contributed by atoms with Gasteiger partial charge in [-0.05, 0) is 20.8 Å². The molecular weight excluding hydrogens is 202 g/mol. The smallest absolute Gasteiger partial charge is 0.106 e. The average molecular weight is 218 g/mol. The topological polar surface area (TPSA) is 112 Å². The monoisotopic (exact) mass is 217 g/mol. The minimum absolute atomic E-state index is 0.208. The van der Waals surface area contributed by atoms with Gasteiger partial charge in [0.1, 0.15) is 19.6 Å². The quantitative estimate of drug-likeness (QED) is 0.389. The van der Waals surface area contributed by atoms with Gasteiger partial charge in [-0.15, -0.1) is 10.2 Å². The summed E-state index contributed by atoms with van der Waals surface area (Å²) < 4.78 is 34.2. The fourth-order valence-corrected chi connectivity index (χ4v) is 0.671. The number of hydrogen-bond acceptors (Lipinski definition) is 5. The Labute approximate surface area is 79.9 Å². The van der Waals surface area contributed by atoms with E-state index in [0.717, 1.165) is 19.6 Å². The molecule has 0 aromatic heterocycles. The lowest BCUT2D eigenvalue weighted by Crippen LogP contribution is -2.68. The average Bonchev–Trinajstić information content (AvgIpc) is 2.00. The van der Waals surface area contributed by atoms with E-state index in [0.29, 0.717) is 0 Å². The predicted octanol–water partition coefficient (Wildman–Crippen LogP) is -3.50. The third-order valence-electron chi connectivity index (χ3n) is 1.77. The van der Waals surface area contributed by atoms with Crippen molar-refractivity contribution >= 4 is 0 Å². The van der Waals surface area contributed by atoms with Crippen molar-refractivity contribution < 1.29 is 38.7 Å². The van der Waals surface area contributed by atoms with Gasteiger partial charge in [0.2, 0.25) is 0 Å². The van der Waals surface area contributed by atoms with Crippen molar-refractivity contribution in [2.24, 2.45) is 0 Å². The van der Waals surface area contributed by atoms with E-state index in [1.54, 1.807) is 0 Å². The molecule has 0 saturated carbocycles. The zero-order valence-corrected chi connectivity index (χ0v) is 8.78. The first-order valence-electron chi connectivity index (χ1n) is 3.89. The number of hydrogen-bond donors (Lipinski definition) is 1. The van der Waals surface area contributed by atoms with Crippen LogP contribution in [-0.4, -0.2) is 29.5 Å². The Bertz CT molecular complexity index is 108. The predicted molar refractivity (Wildman–Crippen MR) is 33.7 cm³/mol. The van der Waals surface area contributed by atoms with Crippen molar-refractivity contribution in [2.75, 3.05) is 19.6 Å². The number of rotatable bonds is 3. The van der Waals surface area contributed by atoms with Crippen LogP contribution in [0.4, 0.5) is 0 Å². The van der Waals surface area contributed by atoms with Crippen LogP contribution in [0.1, 0.15) is 20.8 Å². The molecule has 0 aliphatic heterocycles. The van der Waals surface area contributed by atoms with Crippen LogP contribution in [0.25, 0.3) is 0 Å². The van der Waals surface area contributed by atoms with Gasteiger partial charge < -0.3 is 0 Å². The molecule has 1 N–H and O–H groups in total. The van der Waals surface area contributed by atoms with Gasteiger partial charge in [0, 0.05) is 0 Å². The van der Waals surface area contributed by atoms with E-state index in [1.165, 1.54) is 0 Å². The van der Waals surface area contributed by atoms with Crippen molar-refractivity contribution in [3.63, 3.8) is 0 Å². The van der Waals surface area contributed by atoms with Crippen LogP contribution >= 0.6 is 0 Å². The molecule has 82 valence electrons. The molecule has 0 aliphatic rings. The summed E-state index contributed by atoms with van der Waals surface area (Å²) in [7, 11) is -4.94.